The molecule has 0 aliphatic heterocycles. The highest BCUT2D eigenvalue weighted by Crippen LogP contribution is 2.41. The number of hydrogen-bond donors (Lipinski definition) is 0. The molecule has 0 heteroatoms. The number of hydrogen-bond acceptors (Lipinski definition) is 0. The van der Waals surface area contributed by atoms with Crippen LogP contribution in [0.3, 0.4) is 0 Å². The molecule has 0 spiro atoms. The maximum Gasteiger partial charge on any atom is 0.0423 e. The summed E-state index contributed by atoms with van der Waals surface area (Å²) in [6, 6.07) is 25.1. The van der Waals surface area contributed by atoms with Crippen LogP contribution in [0, 0.1) is 43.4 Å². The van der Waals surface area contributed by atoms with Crippen molar-refractivity contribution >= 4 is 0 Å². The lowest BCUT2D eigenvalue weighted by Gasteiger charge is -2.33. The van der Waals surface area contributed by atoms with E-state index < -0.39 is 0 Å². The van der Waals surface area contributed by atoms with Crippen LogP contribution < -0.4 is 0 Å². The van der Waals surface area contributed by atoms with Gasteiger partial charge in [-0.1, -0.05) is 160 Å². The van der Waals surface area contributed by atoms with Gasteiger partial charge in [0.15, 0.2) is 0 Å². The fourth-order valence-corrected chi connectivity index (χ4v) is 4.90. The summed E-state index contributed by atoms with van der Waals surface area (Å²) in [4.78, 5) is 0. The highest BCUT2D eigenvalue weighted by atomic mass is 14.4. The van der Waals surface area contributed by atoms with E-state index in [0.29, 0.717) is 10.8 Å². The van der Waals surface area contributed by atoms with Gasteiger partial charge in [0.1, 0.15) is 0 Å². The molecule has 1 aliphatic carbocycles. The molecule has 0 amide bonds. The van der Waals surface area contributed by atoms with Gasteiger partial charge in [-0.2, -0.15) is 0 Å². The molecule has 0 nitrogen and oxygen atoms in total. The number of benzene rings is 3. The average Bonchev–Trinajstić information content (AvgIpc) is 3.72. The molecule has 4 rings (SSSR count). The number of aryl methyl sites for hydroxylation is 3. The molecule has 238 valence electrons. The maximum atomic E-state index is 3.94. The van der Waals surface area contributed by atoms with Crippen LogP contribution in [0.2, 0.25) is 0 Å². The van der Waals surface area contributed by atoms with E-state index in [2.05, 4.69) is 163 Å². The molecular weight excluding hydrogens is 516 g/mol. The van der Waals surface area contributed by atoms with Gasteiger partial charge in [0, 0.05) is 5.41 Å². The highest BCUT2D eigenvalue weighted by molar-refractivity contribution is 5.52. The van der Waals surface area contributed by atoms with Crippen LogP contribution in [0.5, 0.6) is 0 Å². The lowest BCUT2D eigenvalue weighted by molar-refractivity contribution is 0.283. The third-order valence-corrected chi connectivity index (χ3v) is 9.50. The maximum absolute atomic E-state index is 3.94. The second-order valence-corrected chi connectivity index (χ2v) is 15.4. The van der Waals surface area contributed by atoms with Crippen molar-refractivity contribution in [3.8, 4) is 0 Å². The van der Waals surface area contributed by atoms with E-state index in [9.17, 15) is 0 Å². The summed E-state index contributed by atoms with van der Waals surface area (Å²) in [5.41, 5.74) is 11.8. The second-order valence-electron chi connectivity index (χ2n) is 15.4. The van der Waals surface area contributed by atoms with Gasteiger partial charge in [-0.05, 0) is 104 Å². The largest absolute Gasteiger partial charge is 0.0993 e. The molecule has 0 bridgehead atoms. The molecule has 1 aliphatic rings. The van der Waals surface area contributed by atoms with E-state index in [4.69, 9.17) is 0 Å². The van der Waals surface area contributed by atoms with Gasteiger partial charge in [-0.15, -0.1) is 0 Å². The third kappa shape index (κ3) is 11.4. The van der Waals surface area contributed by atoms with E-state index >= 15 is 0 Å². The summed E-state index contributed by atoms with van der Waals surface area (Å²) in [6.45, 7) is 33.0. The van der Waals surface area contributed by atoms with Crippen LogP contribution in [-0.2, 0) is 11.8 Å². The zero-order valence-electron chi connectivity index (χ0n) is 29.5. The van der Waals surface area contributed by atoms with Gasteiger partial charge in [-0.3, -0.25) is 0 Å². The second kappa shape index (κ2) is 15.9. The van der Waals surface area contributed by atoms with Crippen molar-refractivity contribution in [3.63, 3.8) is 0 Å². The first-order valence-electron chi connectivity index (χ1n) is 16.3. The quantitative estimate of drug-likeness (QED) is 0.200. The van der Waals surface area contributed by atoms with E-state index in [1.165, 1.54) is 63.8 Å². The van der Waals surface area contributed by atoms with Crippen LogP contribution >= 0.6 is 0 Å². The lowest BCUT2D eigenvalue weighted by Crippen LogP contribution is -2.26. The monoisotopic (exact) mass is 583 g/mol. The van der Waals surface area contributed by atoms with Gasteiger partial charge < -0.3 is 0 Å². The Morgan fingerprint density at radius 2 is 1.26 bits per heavy atom. The molecule has 1 fully saturated rings. The minimum absolute atomic E-state index is 0. The summed E-state index contributed by atoms with van der Waals surface area (Å²) < 4.78 is 0. The average molecular weight is 583 g/mol. The third-order valence-electron chi connectivity index (χ3n) is 9.50. The molecule has 43 heavy (non-hydrogen) atoms. The van der Waals surface area contributed by atoms with Crippen LogP contribution in [0.4, 0.5) is 0 Å². The Morgan fingerprint density at radius 3 is 1.65 bits per heavy atom. The fourth-order valence-electron chi connectivity index (χ4n) is 4.90. The summed E-state index contributed by atoms with van der Waals surface area (Å²) in [6.07, 6.45) is 5.13. The smallest absolute Gasteiger partial charge is 0.0423 e. The van der Waals surface area contributed by atoms with Gasteiger partial charge in [-0.25, -0.2) is 0 Å². The van der Waals surface area contributed by atoms with Crippen LogP contribution in [0.15, 0.2) is 78.9 Å². The Labute approximate surface area is 268 Å². The molecule has 0 radical (unpaired) electrons. The standard InChI is InChI=1S/C27H30.C8H16.C7H16.CH4/c1-19-14-20(2)16-26(15-19)27(4,24-8-6-5-7-9-24)25-13-10-21(3)23(18-25)17-22-11-12-22;1-6-7(2)8(3,4)5;1-6(2)7(3,4)5;/h5-10,13-16,18,22H,11-12,17H2,1-4H3;2,6H2,1,3-5H3;6H,1-5H3;1H4. The van der Waals surface area contributed by atoms with Crippen molar-refractivity contribution in [2.45, 2.75) is 129 Å². The molecule has 0 N–H and O–H groups in total. The minimum atomic E-state index is -0.149. The Hall–Kier alpha value is -2.60. The predicted octanol–water partition coefficient (Wildman–Crippen LogP) is 13.2. The van der Waals surface area contributed by atoms with Crippen molar-refractivity contribution in [1.29, 1.82) is 0 Å². The van der Waals surface area contributed by atoms with E-state index in [-0.39, 0.29) is 12.8 Å². The van der Waals surface area contributed by atoms with Crippen LogP contribution in [0.25, 0.3) is 0 Å². The molecule has 0 heterocycles. The van der Waals surface area contributed by atoms with Gasteiger partial charge >= 0.3 is 0 Å². The molecular formula is C43H66. The van der Waals surface area contributed by atoms with Crippen molar-refractivity contribution in [2.24, 2.45) is 22.7 Å². The Bertz CT molecular complexity index is 1250. The fraction of sp³-hybridized carbons (Fsp3) is 0.535. The number of allylic oxidation sites excluding steroid dienone is 1. The van der Waals surface area contributed by atoms with E-state index in [1.54, 1.807) is 0 Å². The molecule has 0 aromatic heterocycles. The van der Waals surface area contributed by atoms with Crippen molar-refractivity contribution in [1.82, 2.24) is 0 Å². The van der Waals surface area contributed by atoms with Crippen molar-refractivity contribution in [2.75, 3.05) is 0 Å². The summed E-state index contributed by atoms with van der Waals surface area (Å²) in [5, 5.41) is 0. The van der Waals surface area contributed by atoms with E-state index in [0.717, 1.165) is 18.3 Å². The molecule has 1 saturated carbocycles. The molecule has 0 saturated heterocycles. The predicted molar refractivity (Wildman–Crippen MR) is 195 cm³/mol. The normalized spacial score (nSPS) is 14.4. The Balaban J connectivity index is 0.000000482. The van der Waals surface area contributed by atoms with Crippen molar-refractivity contribution < 1.29 is 0 Å². The SMILES string of the molecule is C.C=C(CC)C(C)(C)C.CC(C)C(C)(C)C.Cc1cc(C)cc(C(C)(c2ccccc2)c2ccc(C)c(CC3CC3)c2)c1. The van der Waals surface area contributed by atoms with Crippen molar-refractivity contribution in [3.05, 3.63) is 118 Å². The molecule has 1 unspecified atom stereocenters. The Kier molecular flexibility index (Phi) is 14.2. The molecule has 3 aromatic carbocycles. The van der Waals surface area contributed by atoms with Gasteiger partial charge in [0.05, 0.1) is 0 Å². The summed E-state index contributed by atoms with van der Waals surface area (Å²) in [5.74, 6) is 1.70. The first kappa shape index (κ1) is 38.4. The zero-order valence-corrected chi connectivity index (χ0v) is 29.5. The first-order chi connectivity index (χ1) is 19.4. The summed E-state index contributed by atoms with van der Waals surface area (Å²) in [7, 11) is 0. The Morgan fingerprint density at radius 1 is 0.744 bits per heavy atom. The zero-order chi connectivity index (χ0) is 31.9. The molecule has 3 aromatic rings. The van der Waals surface area contributed by atoms with Gasteiger partial charge in [0.25, 0.3) is 0 Å². The summed E-state index contributed by atoms with van der Waals surface area (Å²) >= 11 is 0. The number of rotatable bonds is 6. The lowest BCUT2D eigenvalue weighted by atomic mass is 9.70. The molecule has 1 atom stereocenters. The first-order valence-corrected chi connectivity index (χ1v) is 16.3. The minimum Gasteiger partial charge on any atom is -0.0993 e. The topological polar surface area (TPSA) is 0 Å². The van der Waals surface area contributed by atoms with Crippen LogP contribution in [0.1, 0.15) is 135 Å². The van der Waals surface area contributed by atoms with Crippen LogP contribution in [-0.4, -0.2) is 0 Å². The highest BCUT2D eigenvalue weighted by Gasteiger charge is 2.32. The van der Waals surface area contributed by atoms with Gasteiger partial charge in [0.2, 0.25) is 0 Å². The van der Waals surface area contributed by atoms with E-state index in [1.807, 2.05) is 0 Å².